The van der Waals surface area contributed by atoms with E-state index in [1.165, 1.54) is 11.8 Å². The zero-order valence-corrected chi connectivity index (χ0v) is 16.5. The highest BCUT2D eigenvalue weighted by Crippen LogP contribution is 2.26. The SMILES string of the molecule is COc1ccccc1OCC1COC(CSCC(=O)NCc2cccnc2)O1. The molecule has 1 aromatic carbocycles. The van der Waals surface area contributed by atoms with Crippen molar-refractivity contribution in [1.82, 2.24) is 10.3 Å². The minimum absolute atomic E-state index is 0.0251. The minimum Gasteiger partial charge on any atom is -0.493 e. The lowest BCUT2D eigenvalue weighted by molar-refractivity contribution is -0.118. The molecule has 2 atom stereocenters. The van der Waals surface area contributed by atoms with Gasteiger partial charge in [-0.05, 0) is 23.8 Å². The molecule has 1 amide bonds. The molecule has 28 heavy (non-hydrogen) atoms. The van der Waals surface area contributed by atoms with Crippen LogP contribution in [0.25, 0.3) is 0 Å². The number of hydrogen-bond acceptors (Lipinski definition) is 7. The number of carbonyl (C=O) groups is 1. The zero-order valence-electron chi connectivity index (χ0n) is 15.7. The van der Waals surface area contributed by atoms with E-state index in [1.807, 2.05) is 36.4 Å². The van der Waals surface area contributed by atoms with Crippen LogP contribution < -0.4 is 14.8 Å². The van der Waals surface area contributed by atoms with Crippen LogP contribution >= 0.6 is 11.8 Å². The van der Waals surface area contributed by atoms with Gasteiger partial charge in [0.05, 0.1) is 19.5 Å². The van der Waals surface area contributed by atoms with Crippen molar-refractivity contribution in [2.75, 3.05) is 31.8 Å². The van der Waals surface area contributed by atoms with E-state index in [0.29, 0.717) is 42.8 Å². The quantitative estimate of drug-likeness (QED) is 0.651. The van der Waals surface area contributed by atoms with Crippen molar-refractivity contribution >= 4 is 17.7 Å². The Morgan fingerprint density at radius 3 is 2.93 bits per heavy atom. The van der Waals surface area contributed by atoms with Gasteiger partial charge in [-0.3, -0.25) is 9.78 Å². The topological polar surface area (TPSA) is 78.9 Å². The predicted octanol–water partition coefficient (Wildman–Crippen LogP) is 2.26. The first kappa shape index (κ1) is 20.4. The summed E-state index contributed by atoms with van der Waals surface area (Å²) in [4.78, 5) is 15.9. The van der Waals surface area contributed by atoms with Crippen LogP contribution in [0.15, 0.2) is 48.8 Å². The molecule has 7 nitrogen and oxygen atoms in total. The second kappa shape index (κ2) is 10.9. The number of nitrogens with one attached hydrogen (secondary N) is 1. The minimum atomic E-state index is -0.331. The van der Waals surface area contributed by atoms with Crippen LogP contribution in [0, 0.1) is 0 Å². The molecule has 0 saturated carbocycles. The number of ether oxygens (including phenoxy) is 4. The average Bonchev–Trinajstić information content (AvgIpc) is 3.19. The van der Waals surface area contributed by atoms with Crippen LogP contribution in [-0.4, -0.2) is 55.1 Å². The monoisotopic (exact) mass is 404 g/mol. The standard InChI is InChI=1S/C20H24N2O5S/c1-24-17-6-2-3-7-18(17)25-11-16-12-26-20(27-16)14-28-13-19(23)22-10-15-5-4-8-21-9-15/h2-9,16,20H,10-14H2,1H3,(H,22,23). The Morgan fingerprint density at radius 2 is 2.14 bits per heavy atom. The fraction of sp³-hybridized carbons (Fsp3) is 0.400. The molecule has 1 saturated heterocycles. The van der Waals surface area contributed by atoms with Gasteiger partial charge in [0.15, 0.2) is 17.8 Å². The number of nitrogens with zero attached hydrogens (tertiary/aromatic N) is 1. The summed E-state index contributed by atoms with van der Waals surface area (Å²) in [5, 5.41) is 2.87. The van der Waals surface area contributed by atoms with Crippen molar-refractivity contribution in [2.45, 2.75) is 18.9 Å². The molecule has 1 aromatic heterocycles. The Morgan fingerprint density at radius 1 is 1.29 bits per heavy atom. The average molecular weight is 404 g/mol. The summed E-state index contributed by atoms with van der Waals surface area (Å²) in [6, 6.07) is 11.3. The molecule has 0 radical (unpaired) electrons. The first-order valence-corrected chi connectivity index (χ1v) is 10.2. The maximum absolute atomic E-state index is 11.9. The lowest BCUT2D eigenvalue weighted by Crippen LogP contribution is -2.26. The second-order valence-electron chi connectivity index (χ2n) is 6.14. The molecule has 2 unspecified atom stereocenters. The van der Waals surface area contributed by atoms with Gasteiger partial charge in [0.1, 0.15) is 12.7 Å². The van der Waals surface area contributed by atoms with E-state index in [4.69, 9.17) is 18.9 Å². The van der Waals surface area contributed by atoms with Crippen LogP contribution in [0.1, 0.15) is 5.56 Å². The number of para-hydroxylation sites is 2. The van der Waals surface area contributed by atoms with Crippen LogP contribution in [0.2, 0.25) is 0 Å². The van der Waals surface area contributed by atoms with Crippen LogP contribution in [0.4, 0.5) is 0 Å². The molecule has 0 spiro atoms. The normalized spacial score (nSPS) is 18.6. The molecule has 1 aliphatic heterocycles. The van der Waals surface area contributed by atoms with Gasteiger partial charge in [-0.15, -0.1) is 11.8 Å². The largest absolute Gasteiger partial charge is 0.493 e. The van der Waals surface area contributed by atoms with E-state index >= 15 is 0 Å². The summed E-state index contributed by atoms with van der Waals surface area (Å²) in [5.41, 5.74) is 0.973. The summed E-state index contributed by atoms with van der Waals surface area (Å²) < 4.78 is 22.5. The van der Waals surface area contributed by atoms with Crippen molar-refractivity contribution in [3.8, 4) is 11.5 Å². The molecule has 0 aliphatic carbocycles. The van der Waals surface area contributed by atoms with Gasteiger partial charge in [-0.25, -0.2) is 0 Å². The molecule has 8 heteroatoms. The molecular formula is C20H24N2O5S. The Bertz CT molecular complexity index is 746. The van der Waals surface area contributed by atoms with Crippen molar-refractivity contribution in [3.05, 3.63) is 54.4 Å². The van der Waals surface area contributed by atoms with Crippen molar-refractivity contribution < 1.29 is 23.7 Å². The Labute approximate surface area is 168 Å². The number of methoxy groups -OCH3 is 1. The number of amides is 1. The van der Waals surface area contributed by atoms with E-state index in [9.17, 15) is 4.79 Å². The number of carbonyl (C=O) groups excluding carboxylic acids is 1. The van der Waals surface area contributed by atoms with Crippen molar-refractivity contribution in [2.24, 2.45) is 0 Å². The highest BCUT2D eigenvalue weighted by atomic mass is 32.2. The van der Waals surface area contributed by atoms with Crippen molar-refractivity contribution in [3.63, 3.8) is 0 Å². The summed E-state index contributed by atoms with van der Waals surface area (Å²) >= 11 is 1.48. The molecule has 1 N–H and O–H groups in total. The van der Waals surface area contributed by atoms with E-state index in [0.717, 1.165) is 5.56 Å². The second-order valence-corrected chi connectivity index (χ2v) is 7.17. The third-order valence-corrected chi connectivity index (χ3v) is 4.98. The van der Waals surface area contributed by atoms with Gasteiger partial charge in [0.2, 0.25) is 5.91 Å². The Hall–Kier alpha value is -2.29. The number of hydrogen-bond donors (Lipinski definition) is 1. The van der Waals surface area contributed by atoms with Crippen LogP contribution in [0.5, 0.6) is 11.5 Å². The highest BCUT2D eigenvalue weighted by Gasteiger charge is 2.27. The van der Waals surface area contributed by atoms with Gasteiger partial charge < -0.3 is 24.3 Å². The van der Waals surface area contributed by atoms with Gasteiger partial charge in [0.25, 0.3) is 0 Å². The Kier molecular flexibility index (Phi) is 7.95. The smallest absolute Gasteiger partial charge is 0.230 e. The third kappa shape index (κ3) is 6.40. The lowest BCUT2D eigenvalue weighted by atomic mass is 10.3. The van der Waals surface area contributed by atoms with Gasteiger partial charge in [-0.1, -0.05) is 18.2 Å². The van der Waals surface area contributed by atoms with Crippen molar-refractivity contribution in [1.29, 1.82) is 0 Å². The Balaban J connectivity index is 1.30. The van der Waals surface area contributed by atoms with Crippen LogP contribution in [-0.2, 0) is 20.8 Å². The van der Waals surface area contributed by atoms with E-state index in [1.54, 1.807) is 19.5 Å². The van der Waals surface area contributed by atoms with Gasteiger partial charge >= 0.3 is 0 Å². The van der Waals surface area contributed by atoms with Gasteiger partial charge in [-0.2, -0.15) is 0 Å². The van der Waals surface area contributed by atoms with Crippen LogP contribution in [0.3, 0.4) is 0 Å². The predicted molar refractivity (Wildman–Crippen MR) is 107 cm³/mol. The highest BCUT2D eigenvalue weighted by molar-refractivity contribution is 7.99. The lowest BCUT2D eigenvalue weighted by Gasteiger charge is -2.14. The molecule has 1 aliphatic rings. The molecule has 3 rings (SSSR count). The first-order chi connectivity index (χ1) is 13.7. The molecule has 150 valence electrons. The maximum Gasteiger partial charge on any atom is 0.230 e. The number of thioether (sulfide) groups is 1. The first-order valence-electron chi connectivity index (χ1n) is 9.01. The summed E-state index contributed by atoms with van der Waals surface area (Å²) in [6.07, 6.45) is 2.97. The van der Waals surface area contributed by atoms with Gasteiger partial charge in [0, 0.05) is 24.7 Å². The van der Waals surface area contributed by atoms with E-state index < -0.39 is 0 Å². The summed E-state index contributed by atoms with van der Waals surface area (Å²) in [7, 11) is 1.61. The number of benzene rings is 1. The molecule has 2 heterocycles. The molecule has 2 aromatic rings. The zero-order chi connectivity index (χ0) is 19.6. The maximum atomic E-state index is 11.9. The van der Waals surface area contributed by atoms with E-state index in [2.05, 4.69) is 10.3 Å². The number of pyridine rings is 1. The third-order valence-electron chi connectivity index (χ3n) is 4.01. The number of rotatable bonds is 10. The fourth-order valence-corrected chi connectivity index (χ4v) is 3.38. The summed E-state index contributed by atoms with van der Waals surface area (Å²) in [6.45, 7) is 1.33. The van der Waals surface area contributed by atoms with E-state index in [-0.39, 0.29) is 18.3 Å². The molecule has 1 fully saturated rings. The fourth-order valence-electron chi connectivity index (χ4n) is 2.61. The summed E-state index contributed by atoms with van der Waals surface area (Å²) in [5.74, 6) is 2.28. The molecular weight excluding hydrogens is 380 g/mol. The number of aromatic nitrogens is 1. The molecule has 0 bridgehead atoms.